The molecule has 1 aromatic heterocycles. The first-order valence-corrected chi connectivity index (χ1v) is 5.51. The number of aromatic nitrogens is 1. The highest BCUT2D eigenvalue weighted by Gasteiger charge is 2.15. The SMILES string of the molecule is Cc1cccc(C(O)c2cncc(F)c2)c1Cl. The van der Waals surface area contributed by atoms with Crippen LogP contribution in [0.1, 0.15) is 22.8 Å². The van der Waals surface area contributed by atoms with Gasteiger partial charge in [-0.25, -0.2) is 4.39 Å². The van der Waals surface area contributed by atoms with Crippen LogP contribution in [0.2, 0.25) is 5.02 Å². The van der Waals surface area contributed by atoms with Crippen LogP contribution >= 0.6 is 11.6 Å². The summed E-state index contributed by atoms with van der Waals surface area (Å²) in [4.78, 5) is 3.70. The number of aliphatic hydroxyl groups excluding tert-OH is 1. The second-order valence-corrected chi connectivity index (χ2v) is 4.20. The standard InChI is InChI=1S/C13H11ClFNO/c1-8-3-2-4-11(12(8)14)13(17)9-5-10(15)7-16-6-9/h2-7,13,17H,1H3. The molecule has 0 saturated heterocycles. The van der Waals surface area contributed by atoms with Crippen LogP contribution in [-0.2, 0) is 0 Å². The number of halogens is 2. The van der Waals surface area contributed by atoms with Crippen LogP contribution in [0.25, 0.3) is 0 Å². The first-order chi connectivity index (χ1) is 8.09. The lowest BCUT2D eigenvalue weighted by Crippen LogP contribution is -2.02. The Kier molecular flexibility index (Phi) is 3.41. The minimum atomic E-state index is -0.967. The molecule has 1 N–H and O–H groups in total. The van der Waals surface area contributed by atoms with Crippen molar-refractivity contribution in [2.75, 3.05) is 0 Å². The molecular weight excluding hydrogens is 241 g/mol. The fourth-order valence-corrected chi connectivity index (χ4v) is 1.87. The lowest BCUT2D eigenvalue weighted by atomic mass is 10.0. The molecule has 0 fully saturated rings. The Labute approximate surface area is 104 Å². The van der Waals surface area contributed by atoms with Crippen molar-refractivity contribution in [3.8, 4) is 0 Å². The van der Waals surface area contributed by atoms with Gasteiger partial charge in [0.15, 0.2) is 0 Å². The zero-order valence-electron chi connectivity index (χ0n) is 9.19. The lowest BCUT2D eigenvalue weighted by molar-refractivity contribution is 0.219. The third kappa shape index (κ3) is 2.46. The molecule has 0 bridgehead atoms. The predicted octanol–water partition coefficient (Wildman–Crippen LogP) is 3.26. The molecule has 1 atom stereocenters. The highest BCUT2D eigenvalue weighted by molar-refractivity contribution is 6.32. The number of nitrogens with zero attached hydrogens (tertiary/aromatic N) is 1. The maximum absolute atomic E-state index is 13.0. The Bertz CT molecular complexity index is 545. The summed E-state index contributed by atoms with van der Waals surface area (Å²) in [6.45, 7) is 1.85. The van der Waals surface area contributed by atoms with E-state index < -0.39 is 11.9 Å². The van der Waals surface area contributed by atoms with Gasteiger partial charge in [0.1, 0.15) is 11.9 Å². The third-order valence-corrected chi connectivity index (χ3v) is 3.07. The van der Waals surface area contributed by atoms with Crippen LogP contribution in [0.15, 0.2) is 36.7 Å². The predicted molar refractivity (Wildman–Crippen MR) is 64.4 cm³/mol. The van der Waals surface area contributed by atoms with Crippen molar-refractivity contribution >= 4 is 11.6 Å². The van der Waals surface area contributed by atoms with Crippen LogP contribution in [0.3, 0.4) is 0 Å². The van der Waals surface area contributed by atoms with E-state index in [-0.39, 0.29) is 0 Å². The molecule has 17 heavy (non-hydrogen) atoms. The topological polar surface area (TPSA) is 33.1 Å². The third-order valence-electron chi connectivity index (χ3n) is 2.56. The second kappa shape index (κ2) is 4.82. The first-order valence-electron chi connectivity index (χ1n) is 5.13. The number of aryl methyl sites for hydroxylation is 1. The minimum Gasteiger partial charge on any atom is -0.384 e. The summed E-state index contributed by atoms with van der Waals surface area (Å²) in [7, 11) is 0. The van der Waals surface area contributed by atoms with E-state index in [1.807, 2.05) is 13.0 Å². The van der Waals surface area contributed by atoms with E-state index in [1.54, 1.807) is 12.1 Å². The molecule has 2 nitrogen and oxygen atoms in total. The summed E-state index contributed by atoms with van der Waals surface area (Å²) in [6.07, 6.45) is 1.55. The molecule has 1 unspecified atom stereocenters. The monoisotopic (exact) mass is 251 g/mol. The van der Waals surface area contributed by atoms with E-state index in [2.05, 4.69) is 4.98 Å². The van der Waals surface area contributed by atoms with Crippen molar-refractivity contribution in [1.29, 1.82) is 0 Å². The quantitative estimate of drug-likeness (QED) is 0.889. The maximum atomic E-state index is 13.0. The molecule has 0 saturated carbocycles. The molecule has 0 aliphatic carbocycles. The maximum Gasteiger partial charge on any atom is 0.141 e. The van der Waals surface area contributed by atoms with Gasteiger partial charge in [0.25, 0.3) is 0 Å². The molecule has 0 aliphatic rings. The smallest absolute Gasteiger partial charge is 0.141 e. The van der Waals surface area contributed by atoms with Gasteiger partial charge in [0.2, 0.25) is 0 Å². The summed E-state index contributed by atoms with van der Waals surface area (Å²) in [5, 5.41) is 10.6. The summed E-state index contributed by atoms with van der Waals surface area (Å²) < 4.78 is 13.0. The van der Waals surface area contributed by atoms with E-state index >= 15 is 0 Å². The molecule has 0 radical (unpaired) electrons. The van der Waals surface area contributed by atoms with Crippen LogP contribution in [-0.4, -0.2) is 10.1 Å². The van der Waals surface area contributed by atoms with E-state index in [9.17, 15) is 9.50 Å². The van der Waals surface area contributed by atoms with Gasteiger partial charge >= 0.3 is 0 Å². The summed E-state index contributed by atoms with van der Waals surface area (Å²) >= 11 is 6.10. The highest BCUT2D eigenvalue weighted by Crippen LogP contribution is 2.30. The Morgan fingerprint density at radius 1 is 1.35 bits per heavy atom. The molecule has 2 aromatic rings. The number of rotatable bonds is 2. The van der Waals surface area contributed by atoms with Crippen molar-refractivity contribution in [2.24, 2.45) is 0 Å². The number of aliphatic hydroxyl groups is 1. The number of benzene rings is 1. The Hall–Kier alpha value is -1.45. The molecule has 2 rings (SSSR count). The number of pyridine rings is 1. The molecular formula is C13H11ClFNO. The fourth-order valence-electron chi connectivity index (χ4n) is 1.64. The Balaban J connectivity index is 2.44. The van der Waals surface area contributed by atoms with E-state index in [1.165, 1.54) is 12.3 Å². The summed E-state index contributed by atoms with van der Waals surface area (Å²) in [6, 6.07) is 6.61. The Morgan fingerprint density at radius 3 is 2.82 bits per heavy atom. The number of hydrogen-bond donors (Lipinski definition) is 1. The van der Waals surface area contributed by atoms with E-state index in [4.69, 9.17) is 11.6 Å². The van der Waals surface area contributed by atoms with E-state index in [0.29, 0.717) is 16.1 Å². The fraction of sp³-hybridized carbons (Fsp3) is 0.154. The van der Waals surface area contributed by atoms with Crippen LogP contribution in [0, 0.1) is 12.7 Å². The first kappa shape index (κ1) is 12.0. The zero-order chi connectivity index (χ0) is 12.4. The van der Waals surface area contributed by atoms with Gasteiger partial charge in [-0.15, -0.1) is 0 Å². The lowest BCUT2D eigenvalue weighted by Gasteiger charge is -2.14. The molecule has 0 spiro atoms. The average molecular weight is 252 g/mol. The molecule has 0 aliphatic heterocycles. The summed E-state index contributed by atoms with van der Waals surface area (Å²) in [5.74, 6) is -0.481. The van der Waals surface area contributed by atoms with Gasteiger partial charge in [-0.2, -0.15) is 0 Å². The van der Waals surface area contributed by atoms with Crippen molar-refractivity contribution < 1.29 is 9.50 Å². The van der Waals surface area contributed by atoms with Crippen LogP contribution < -0.4 is 0 Å². The van der Waals surface area contributed by atoms with Crippen molar-refractivity contribution in [3.63, 3.8) is 0 Å². The summed E-state index contributed by atoms with van der Waals surface area (Å²) in [5.41, 5.74) is 1.81. The highest BCUT2D eigenvalue weighted by atomic mass is 35.5. The second-order valence-electron chi connectivity index (χ2n) is 3.82. The average Bonchev–Trinajstić information content (AvgIpc) is 2.32. The van der Waals surface area contributed by atoms with Gasteiger partial charge in [0.05, 0.1) is 6.20 Å². The van der Waals surface area contributed by atoms with Gasteiger partial charge < -0.3 is 5.11 Å². The van der Waals surface area contributed by atoms with Gasteiger partial charge in [-0.3, -0.25) is 4.98 Å². The van der Waals surface area contributed by atoms with Gasteiger partial charge in [-0.05, 0) is 18.6 Å². The molecule has 4 heteroatoms. The van der Waals surface area contributed by atoms with Crippen molar-refractivity contribution in [2.45, 2.75) is 13.0 Å². The van der Waals surface area contributed by atoms with Crippen molar-refractivity contribution in [3.05, 3.63) is 64.2 Å². The van der Waals surface area contributed by atoms with Crippen LogP contribution in [0.5, 0.6) is 0 Å². The van der Waals surface area contributed by atoms with Crippen molar-refractivity contribution in [1.82, 2.24) is 4.98 Å². The Morgan fingerprint density at radius 2 is 2.12 bits per heavy atom. The largest absolute Gasteiger partial charge is 0.384 e. The van der Waals surface area contributed by atoms with Gasteiger partial charge in [0, 0.05) is 22.3 Å². The molecule has 0 amide bonds. The van der Waals surface area contributed by atoms with E-state index in [0.717, 1.165) is 11.8 Å². The van der Waals surface area contributed by atoms with Gasteiger partial charge in [-0.1, -0.05) is 29.8 Å². The van der Waals surface area contributed by atoms with Crippen LogP contribution in [0.4, 0.5) is 4.39 Å². The molecule has 1 heterocycles. The molecule has 88 valence electrons. The normalized spacial score (nSPS) is 12.5. The molecule has 1 aromatic carbocycles. The number of hydrogen-bond acceptors (Lipinski definition) is 2. The minimum absolute atomic E-state index is 0.387. The zero-order valence-corrected chi connectivity index (χ0v) is 9.95.